The van der Waals surface area contributed by atoms with Gasteiger partial charge in [-0.05, 0) is 42.7 Å². The number of nitrogens with one attached hydrogen (secondary N) is 2. The first-order valence-electron chi connectivity index (χ1n) is 8.44. The molecule has 0 radical (unpaired) electrons. The summed E-state index contributed by atoms with van der Waals surface area (Å²) < 4.78 is 32.9. The van der Waals surface area contributed by atoms with Gasteiger partial charge in [-0.25, -0.2) is 8.42 Å². The highest BCUT2D eigenvalue weighted by atomic mass is 32.2. The van der Waals surface area contributed by atoms with Crippen molar-refractivity contribution >= 4 is 15.9 Å². The molecular formula is C19H24N2O4S. The van der Waals surface area contributed by atoms with Crippen LogP contribution in [0, 0.1) is 0 Å². The quantitative estimate of drug-likeness (QED) is 0.702. The van der Waals surface area contributed by atoms with Crippen LogP contribution in [-0.2, 0) is 21.2 Å². The van der Waals surface area contributed by atoms with Crippen molar-refractivity contribution in [3.05, 3.63) is 60.2 Å². The van der Waals surface area contributed by atoms with Crippen LogP contribution in [0.3, 0.4) is 0 Å². The van der Waals surface area contributed by atoms with Crippen LogP contribution >= 0.6 is 0 Å². The van der Waals surface area contributed by atoms with Crippen molar-refractivity contribution in [3.8, 4) is 5.75 Å². The fourth-order valence-electron chi connectivity index (χ4n) is 2.42. The first kappa shape index (κ1) is 19.9. The maximum atomic E-state index is 12.7. The molecule has 1 amide bonds. The predicted molar refractivity (Wildman–Crippen MR) is 101 cm³/mol. The van der Waals surface area contributed by atoms with Crippen LogP contribution in [0.15, 0.2) is 59.5 Å². The molecule has 2 aromatic carbocycles. The summed E-state index contributed by atoms with van der Waals surface area (Å²) in [7, 11) is -2.33. The Morgan fingerprint density at radius 1 is 1.08 bits per heavy atom. The average molecular weight is 376 g/mol. The van der Waals surface area contributed by atoms with E-state index in [0.29, 0.717) is 12.3 Å². The van der Waals surface area contributed by atoms with Gasteiger partial charge in [0.1, 0.15) is 11.8 Å². The molecule has 2 N–H and O–H groups in total. The summed E-state index contributed by atoms with van der Waals surface area (Å²) >= 11 is 0. The lowest BCUT2D eigenvalue weighted by molar-refractivity contribution is -0.122. The molecule has 2 rings (SSSR count). The highest BCUT2D eigenvalue weighted by molar-refractivity contribution is 7.89. The van der Waals surface area contributed by atoms with Gasteiger partial charge in [0.25, 0.3) is 0 Å². The zero-order valence-corrected chi connectivity index (χ0v) is 15.8. The lowest BCUT2D eigenvalue weighted by atomic mass is 10.1. The molecule has 0 aliphatic heterocycles. The molecule has 0 saturated heterocycles. The van der Waals surface area contributed by atoms with Crippen LogP contribution in [0.4, 0.5) is 0 Å². The highest BCUT2D eigenvalue weighted by Crippen LogP contribution is 2.16. The second-order valence-electron chi connectivity index (χ2n) is 5.83. The van der Waals surface area contributed by atoms with Crippen LogP contribution in [0.1, 0.15) is 18.9 Å². The van der Waals surface area contributed by atoms with E-state index in [0.717, 1.165) is 12.0 Å². The molecule has 0 heterocycles. The molecule has 0 aromatic heterocycles. The van der Waals surface area contributed by atoms with Gasteiger partial charge in [0, 0.05) is 6.54 Å². The summed E-state index contributed by atoms with van der Waals surface area (Å²) in [5.74, 6) is 0.221. The number of ether oxygens (including phenoxy) is 1. The van der Waals surface area contributed by atoms with E-state index in [4.69, 9.17) is 4.74 Å². The zero-order chi connectivity index (χ0) is 19.0. The molecule has 0 aliphatic carbocycles. The SMILES string of the molecule is CCCNC(=O)C(Cc1ccccc1)NS(=O)(=O)c1ccc(OC)cc1. The molecule has 7 heteroatoms. The largest absolute Gasteiger partial charge is 0.497 e. The van der Waals surface area contributed by atoms with E-state index >= 15 is 0 Å². The van der Waals surface area contributed by atoms with Gasteiger partial charge in [0.15, 0.2) is 0 Å². The van der Waals surface area contributed by atoms with E-state index in [1.54, 1.807) is 12.1 Å². The monoisotopic (exact) mass is 376 g/mol. The molecule has 1 atom stereocenters. The van der Waals surface area contributed by atoms with Crippen molar-refractivity contribution in [2.75, 3.05) is 13.7 Å². The Balaban J connectivity index is 2.21. The number of hydrogen-bond donors (Lipinski definition) is 2. The lowest BCUT2D eigenvalue weighted by Gasteiger charge is -2.19. The summed E-state index contributed by atoms with van der Waals surface area (Å²) in [5.41, 5.74) is 0.876. The molecular weight excluding hydrogens is 352 g/mol. The minimum absolute atomic E-state index is 0.0830. The number of carbonyl (C=O) groups is 1. The first-order valence-corrected chi connectivity index (χ1v) is 9.92. The number of sulfonamides is 1. The molecule has 6 nitrogen and oxygen atoms in total. The third-order valence-corrected chi connectivity index (χ3v) is 5.30. The Morgan fingerprint density at radius 3 is 2.31 bits per heavy atom. The fourth-order valence-corrected chi connectivity index (χ4v) is 3.61. The van der Waals surface area contributed by atoms with E-state index in [1.807, 2.05) is 37.3 Å². The van der Waals surface area contributed by atoms with Gasteiger partial charge < -0.3 is 10.1 Å². The van der Waals surface area contributed by atoms with Gasteiger partial charge in [-0.1, -0.05) is 37.3 Å². The van der Waals surface area contributed by atoms with Gasteiger partial charge in [0.05, 0.1) is 12.0 Å². The second kappa shape index (κ2) is 9.35. The van der Waals surface area contributed by atoms with Gasteiger partial charge in [-0.15, -0.1) is 0 Å². The summed E-state index contributed by atoms with van der Waals surface area (Å²) in [6, 6.07) is 14.4. The van der Waals surface area contributed by atoms with Crippen LogP contribution in [0.25, 0.3) is 0 Å². The first-order chi connectivity index (χ1) is 12.5. The standard InChI is InChI=1S/C19H24N2O4S/c1-3-13-20-19(22)18(14-15-7-5-4-6-8-15)21-26(23,24)17-11-9-16(25-2)10-12-17/h4-12,18,21H,3,13-14H2,1-2H3,(H,20,22). The van der Waals surface area contributed by atoms with Crippen molar-refractivity contribution in [3.63, 3.8) is 0 Å². The number of methoxy groups -OCH3 is 1. The topological polar surface area (TPSA) is 84.5 Å². The van der Waals surface area contributed by atoms with E-state index in [1.165, 1.54) is 19.2 Å². The Labute approximate surface area is 154 Å². The van der Waals surface area contributed by atoms with Crippen LogP contribution < -0.4 is 14.8 Å². The predicted octanol–water partition coefficient (Wildman–Crippen LogP) is 2.11. The molecule has 0 bridgehead atoms. The highest BCUT2D eigenvalue weighted by Gasteiger charge is 2.25. The third kappa shape index (κ3) is 5.57. The number of carbonyl (C=O) groups excluding carboxylic acids is 1. The lowest BCUT2D eigenvalue weighted by Crippen LogP contribution is -2.48. The van der Waals surface area contributed by atoms with E-state index in [2.05, 4.69) is 10.0 Å². The summed E-state index contributed by atoms with van der Waals surface area (Å²) in [6.45, 7) is 2.43. The number of benzene rings is 2. The smallest absolute Gasteiger partial charge is 0.241 e. The fraction of sp³-hybridized carbons (Fsp3) is 0.316. The molecule has 1 unspecified atom stereocenters. The molecule has 140 valence electrons. The van der Waals surface area contributed by atoms with Gasteiger partial charge in [-0.3, -0.25) is 4.79 Å². The molecule has 0 spiro atoms. The average Bonchev–Trinajstić information content (AvgIpc) is 2.66. The third-order valence-electron chi connectivity index (χ3n) is 3.82. The maximum Gasteiger partial charge on any atom is 0.241 e. The molecule has 0 aliphatic rings. The number of rotatable bonds is 9. The van der Waals surface area contributed by atoms with Crippen molar-refractivity contribution in [2.24, 2.45) is 0 Å². The van der Waals surface area contributed by atoms with Gasteiger partial charge in [-0.2, -0.15) is 4.72 Å². The van der Waals surface area contributed by atoms with Crippen molar-refractivity contribution in [1.29, 1.82) is 0 Å². The number of hydrogen-bond acceptors (Lipinski definition) is 4. The molecule has 2 aromatic rings. The van der Waals surface area contributed by atoms with E-state index in [-0.39, 0.29) is 17.2 Å². The maximum absolute atomic E-state index is 12.7. The normalized spacial score (nSPS) is 12.4. The van der Waals surface area contributed by atoms with Gasteiger partial charge in [0.2, 0.25) is 15.9 Å². The summed E-state index contributed by atoms with van der Waals surface area (Å²) in [6.07, 6.45) is 1.04. The zero-order valence-electron chi connectivity index (χ0n) is 14.9. The Kier molecular flexibility index (Phi) is 7.17. The Bertz CT molecular complexity index is 805. The molecule has 0 saturated carbocycles. The summed E-state index contributed by atoms with van der Waals surface area (Å²) in [4.78, 5) is 12.5. The Hall–Kier alpha value is -2.38. The van der Waals surface area contributed by atoms with Gasteiger partial charge >= 0.3 is 0 Å². The van der Waals surface area contributed by atoms with Crippen LogP contribution in [0.5, 0.6) is 5.75 Å². The van der Waals surface area contributed by atoms with Crippen molar-refractivity contribution < 1.29 is 17.9 Å². The summed E-state index contributed by atoms with van der Waals surface area (Å²) in [5, 5.41) is 2.76. The minimum atomic E-state index is -3.84. The molecule has 0 fully saturated rings. The van der Waals surface area contributed by atoms with Crippen molar-refractivity contribution in [1.82, 2.24) is 10.0 Å². The minimum Gasteiger partial charge on any atom is -0.497 e. The van der Waals surface area contributed by atoms with Crippen molar-refractivity contribution in [2.45, 2.75) is 30.7 Å². The molecule has 26 heavy (non-hydrogen) atoms. The Morgan fingerprint density at radius 2 is 1.73 bits per heavy atom. The van der Waals surface area contributed by atoms with Crippen LogP contribution in [0.2, 0.25) is 0 Å². The number of amides is 1. The van der Waals surface area contributed by atoms with Crippen LogP contribution in [-0.4, -0.2) is 34.0 Å². The van der Waals surface area contributed by atoms with E-state index in [9.17, 15) is 13.2 Å². The van der Waals surface area contributed by atoms with E-state index < -0.39 is 16.1 Å². The second-order valence-corrected chi connectivity index (χ2v) is 7.54.